The summed E-state index contributed by atoms with van der Waals surface area (Å²) in [5.74, 6) is 1.38. The SMILES string of the molecule is C=C(C)OC(=C)C.CCC1CCO1. The van der Waals surface area contributed by atoms with E-state index in [0.29, 0.717) is 17.6 Å². The summed E-state index contributed by atoms with van der Waals surface area (Å²) < 4.78 is 9.94. The largest absolute Gasteiger partial charge is 0.468 e. The fraction of sp³-hybridized carbons (Fsp3) is 0.636. The molecule has 1 heterocycles. The molecule has 1 rings (SSSR count). The Morgan fingerprint density at radius 3 is 1.85 bits per heavy atom. The first-order valence-corrected chi connectivity index (χ1v) is 4.66. The number of hydrogen-bond acceptors (Lipinski definition) is 2. The lowest BCUT2D eigenvalue weighted by Crippen LogP contribution is -2.25. The normalized spacial score (nSPS) is 19.2. The molecule has 0 saturated carbocycles. The Kier molecular flexibility index (Phi) is 6.33. The van der Waals surface area contributed by atoms with Crippen molar-refractivity contribution in [3.63, 3.8) is 0 Å². The van der Waals surface area contributed by atoms with Crippen LogP contribution in [0.5, 0.6) is 0 Å². The molecule has 0 amide bonds. The minimum atomic E-state index is 0.616. The van der Waals surface area contributed by atoms with Gasteiger partial charge in [0.25, 0.3) is 0 Å². The lowest BCUT2D eigenvalue weighted by atomic mass is 10.1. The van der Waals surface area contributed by atoms with Gasteiger partial charge in [0.05, 0.1) is 17.6 Å². The van der Waals surface area contributed by atoms with Crippen molar-refractivity contribution in [2.24, 2.45) is 0 Å². The van der Waals surface area contributed by atoms with Crippen LogP contribution in [-0.4, -0.2) is 12.7 Å². The van der Waals surface area contributed by atoms with Crippen LogP contribution in [0.2, 0.25) is 0 Å². The zero-order valence-electron chi connectivity index (χ0n) is 8.93. The molecule has 1 aliphatic heterocycles. The Morgan fingerprint density at radius 1 is 1.38 bits per heavy atom. The fourth-order valence-corrected chi connectivity index (χ4v) is 0.904. The zero-order valence-corrected chi connectivity index (χ0v) is 8.93. The smallest absolute Gasteiger partial charge is 0.0933 e. The number of rotatable bonds is 3. The highest BCUT2D eigenvalue weighted by Gasteiger charge is 2.13. The van der Waals surface area contributed by atoms with Crippen LogP contribution in [0.15, 0.2) is 24.7 Å². The second-order valence-corrected chi connectivity index (χ2v) is 3.20. The van der Waals surface area contributed by atoms with Gasteiger partial charge < -0.3 is 9.47 Å². The van der Waals surface area contributed by atoms with Gasteiger partial charge in [0.1, 0.15) is 0 Å². The summed E-state index contributed by atoms with van der Waals surface area (Å²) in [6.45, 7) is 13.8. The standard InChI is InChI=1S/C6H10O.C5H10O/c1-5(2)7-6(3)4;1-2-5-3-4-6-5/h1,3H2,2,4H3;5H,2-4H2,1H3. The summed E-state index contributed by atoms with van der Waals surface area (Å²) in [5, 5.41) is 0. The van der Waals surface area contributed by atoms with Gasteiger partial charge in [0.2, 0.25) is 0 Å². The van der Waals surface area contributed by atoms with Gasteiger partial charge in [-0.25, -0.2) is 0 Å². The molecule has 0 aromatic rings. The van der Waals surface area contributed by atoms with Crippen molar-refractivity contribution < 1.29 is 9.47 Å². The van der Waals surface area contributed by atoms with E-state index < -0.39 is 0 Å². The molecule has 0 radical (unpaired) electrons. The van der Waals surface area contributed by atoms with E-state index in [1.807, 2.05) is 0 Å². The molecule has 2 nitrogen and oxygen atoms in total. The van der Waals surface area contributed by atoms with Crippen molar-refractivity contribution in [3.8, 4) is 0 Å². The Balaban J connectivity index is 0.000000223. The quantitative estimate of drug-likeness (QED) is 0.627. The molecular formula is C11H20O2. The Labute approximate surface area is 81.2 Å². The van der Waals surface area contributed by atoms with Gasteiger partial charge in [0.15, 0.2) is 0 Å². The van der Waals surface area contributed by atoms with E-state index in [2.05, 4.69) is 20.1 Å². The second-order valence-electron chi connectivity index (χ2n) is 3.20. The Hall–Kier alpha value is -0.760. The van der Waals surface area contributed by atoms with Crippen molar-refractivity contribution in [3.05, 3.63) is 24.7 Å². The zero-order chi connectivity index (χ0) is 10.3. The van der Waals surface area contributed by atoms with Crippen molar-refractivity contribution >= 4 is 0 Å². The third-order valence-corrected chi connectivity index (χ3v) is 1.60. The van der Waals surface area contributed by atoms with Crippen LogP contribution in [0.25, 0.3) is 0 Å². The van der Waals surface area contributed by atoms with Crippen LogP contribution in [0.3, 0.4) is 0 Å². The van der Waals surface area contributed by atoms with Crippen LogP contribution in [0.4, 0.5) is 0 Å². The van der Waals surface area contributed by atoms with Crippen LogP contribution < -0.4 is 0 Å². The Bertz CT molecular complexity index is 154. The first kappa shape index (κ1) is 12.2. The highest BCUT2D eigenvalue weighted by atomic mass is 16.5. The molecule has 1 atom stereocenters. The summed E-state index contributed by atoms with van der Waals surface area (Å²) in [7, 11) is 0. The number of ether oxygens (including phenoxy) is 2. The van der Waals surface area contributed by atoms with E-state index >= 15 is 0 Å². The van der Waals surface area contributed by atoms with Gasteiger partial charge in [0, 0.05) is 6.61 Å². The molecule has 1 saturated heterocycles. The van der Waals surface area contributed by atoms with E-state index in [0.717, 1.165) is 6.61 Å². The maximum absolute atomic E-state index is 5.08. The van der Waals surface area contributed by atoms with Gasteiger partial charge >= 0.3 is 0 Å². The van der Waals surface area contributed by atoms with E-state index in [1.54, 1.807) is 13.8 Å². The Morgan fingerprint density at radius 2 is 1.85 bits per heavy atom. The minimum absolute atomic E-state index is 0.616. The van der Waals surface area contributed by atoms with E-state index in [4.69, 9.17) is 9.47 Å². The monoisotopic (exact) mass is 184 g/mol. The van der Waals surface area contributed by atoms with Crippen LogP contribution >= 0.6 is 0 Å². The molecule has 76 valence electrons. The first-order chi connectivity index (χ1) is 6.06. The average molecular weight is 184 g/mol. The van der Waals surface area contributed by atoms with E-state index in [1.165, 1.54) is 12.8 Å². The second kappa shape index (κ2) is 6.72. The maximum Gasteiger partial charge on any atom is 0.0933 e. The highest BCUT2D eigenvalue weighted by Crippen LogP contribution is 2.12. The van der Waals surface area contributed by atoms with Gasteiger partial charge in [-0.2, -0.15) is 0 Å². The third kappa shape index (κ3) is 7.60. The molecule has 1 aliphatic rings. The molecule has 1 unspecified atom stereocenters. The molecule has 0 aliphatic carbocycles. The van der Waals surface area contributed by atoms with Crippen molar-refractivity contribution in [1.82, 2.24) is 0 Å². The highest BCUT2D eigenvalue weighted by molar-refractivity contribution is 4.85. The molecule has 0 spiro atoms. The van der Waals surface area contributed by atoms with E-state index in [9.17, 15) is 0 Å². The topological polar surface area (TPSA) is 18.5 Å². The summed E-state index contributed by atoms with van der Waals surface area (Å²) in [4.78, 5) is 0. The van der Waals surface area contributed by atoms with Gasteiger partial charge in [-0.1, -0.05) is 20.1 Å². The molecule has 0 aromatic heterocycles. The lowest BCUT2D eigenvalue weighted by molar-refractivity contribution is -0.0516. The summed E-state index contributed by atoms with van der Waals surface area (Å²) in [6, 6.07) is 0. The average Bonchev–Trinajstić information content (AvgIpc) is 1.81. The maximum atomic E-state index is 5.08. The lowest BCUT2D eigenvalue weighted by Gasteiger charge is -2.24. The number of allylic oxidation sites excluding steroid dienone is 2. The predicted octanol–water partition coefficient (Wildman–Crippen LogP) is 3.26. The third-order valence-electron chi connectivity index (χ3n) is 1.60. The first-order valence-electron chi connectivity index (χ1n) is 4.66. The van der Waals surface area contributed by atoms with Crippen molar-refractivity contribution in [2.45, 2.75) is 39.7 Å². The number of hydrogen-bond donors (Lipinski definition) is 0. The molecular weight excluding hydrogens is 164 g/mol. The van der Waals surface area contributed by atoms with Gasteiger partial charge in [-0.05, 0) is 26.7 Å². The van der Waals surface area contributed by atoms with E-state index in [-0.39, 0.29) is 0 Å². The summed E-state index contributed by atoms with van der Waals surface area (Å²) >= 11 is 0. The molecule has 2 heteroatoms. The molecule has 0 N–H and O–H groups in total. The van der Waals surface area contributed by atoms with Crippen LogP contribution in [0.1, 0.15) is 33.6 Å². The predicted molar refractivity (Wildman–Crippen MR) is 55.4 cm³/mol. The molecule has 0 bridgehead atoms. The fourth-order valence-electron chi connectivity index (χ4n) is 0.904. The van der Waals surface area contributed by atoms with Gasteiger partial charge in [-0.3, -0.25) is 0 Å². The van der Waals surface area contributed by atoms with Gasteiger partial charge in [-0.15, -0.1) is 0 Å². The minimum Gasteiger partial charge on any atom is -0.468 e. The van der Waals surface area contributed by atoms with Crippen LogP contribution in [0, 0.1) is 0 Å². The van der Waals surface area contributed by atoms with Crippen molar-refractivity contribution in [2.75, 3.05) is 6.61 Å². The summed E-state index contributed by atoms with van der Waals surface area (Å²) in [5.41, 5.74) is 0. The van der Waals surface area contributed by atoms with Crippen molar-refractivity contribution in [1.29, 1.82) is 0 Å². The molecule has 0 aromatic carbocycles. The molecule has 1 fully saturated rings. The van der Waals surface area contributed by atoms with Crippen LogP contribution in [-0.2, 0) is 9.47 Å². The summed E-state index contributed by atoms with van der Waals surface area (Å²) in [6.07, 6.45) is 3.10. The molecule has 13 heavy (non-hydrogen) atoms.